The number of nitrogens with zero attached hydrogens (tertiary/aromatic N) is 3. The van der Waals surface area contributed by atoms with E-state index in [1.807, 2.05) is 24.0 Å². The molecule has 1 aliphatic rings. The van der Waals surface area contributed by atoms with Crippen LogP contribution in [0.5, 0.6) is 0 Å². The number of aryl methyl sites for hydroxylation is 2. The van der Waals surface area contributed by atoms with Crippen molar-refractivity contribution in [3.63, 3.8) is 0 Å². The number of hydrogen-bond acceptors (Lipinski definition) is 4. The van der Waals surface area contributed by atoms with Crippen molar-refractivity contribution in [2.75, 3.05) is 6.54 Å². The van der Waals surface area contributed by atoms with E-state index in [9.17, 15) is 9.59 Å². The zero-order valence-corrected chi connectivity index (χ0v) is 14.9. The van der Waals surface area contributed by atoms with Gasteiger partial charge < -0.3 is 4.90 Å². The normalized spacial score (nSPS) is 13.9. The van der Waals surface area contributed by atoms with Crippen molar-refractivity contribution in [3.05, 3.63) is 62.3 Å². The summed E-state index contributed by atoms with van der Waals surface area (Å²) < 4.78 is 1.54. The molecular weight excluding hydrogens is 334 g/mol. The van der Waals surface area contributed by atoms with Gasteiger partial charge in [0.25, 0.3) is 5.56 Å². The zero-order chi connectivity index (χ0) is 17.4. The van der Waals surface area contributed by atoms with Crippen LogP contribution in [0.25, 0.3) is 10.9 Å². The highest BCUT2D eigenvalue weighted by Crippen LogP contribution is 2.24. The molecule has 128 valence electrons. The van der Waals surface area contributed by atoms with Crippen LogP contribution in [0.4, 0.5) is 0 Å². The summed E-state index contributed by atoms with van der Waals surface area (Å²) in [5.74, 6) is 0.0908. The number of rotatable bonds is 3. The lowest BCUT2D eigenvalue weighted by Crippen LogP contribution is -2.36. The van der Waals surface area contributed by atoms with Gasteiger partial charge in [-0.15, -0.1) is 11.3 Å². The second-order valence-electron chi connectivity index (χ2n) is 6.40. The van der Waals surface area contributed by atoms with E-state index in [0.29, 0.717) is 24.9 Å². The molecule has 0 saturated carbocycles. The van der Waals surface area contributed by atoms with E-state index in [0.717, 1.165) is 24.0 Å². The van der Waals surface area contributed by atoms with Crippen LogP contribution >= 0.6 is 11.3 Å². The first-order chi connectivity index (χ1) is 12.1. The van der Waals surface area contributed by atoms with Crippen LogP contribution < -0.4 is 5.56 Å². The molecule has 2 aromatic heterocycles. The summed E-state index contributed by atoms with van der Waals surface area (Å²) in [7, 11) is 0. The average Bonchev–Trinajstić information content (AvgIpc) is 3.09. The summed E-state index contributed by atoms with van der Waals surface area (Å²) in [6.45, 7) is 3.75. The number of thiophene rings is 1. The second-order valence-corrected chi connectivity index (χ2v) is 7.40. The fourth-order valence-corrected chi connectivity index (χ4v) is 4.22. The topological polar surface area (TPSA) is 55.2 Å². The Bertz CT molecular complexity index is 1010. The van der Waals surface area contributed by atoms with Gasteiger partial charge in [-0.2, -0.15) is 0 Å². The SMILES string of the molecule is Cc1cccc2c(=O)n(CCC(=O)N3CCc4sccc4C3)cnc12. The van der Waals surface area contributed by atoms with E-state index in [4.69, 9.17) is 0 Å². The molecule has 0 radical (unpaired) electrons. The molecule has 1 aliphatic heterocycles. The van der Waals surface area contributed by atoms with Gasteiger partial charge in [0.2, 0.25) is 5.91 Å². The monoisotopic (exact) mass is 353 g/mol. The summed E-state index contributed by atoms with van der Waals surface area (Å²) in [5, 5.41) is 2.69. The summed E-state index contributed by atoms with van der Waals surface area (Å²) in [6, 6.07) is 7.69. The first-order valence-corrected chi connectivity index (χ1v) is 9.29. The van der Waals surface area contributed by atoms with Crippen molar-refractivity contribution in [1.82, 2.24) is 14.5 Å². The van der Waals surface area contributed by atoms with Crippen molar-refractivity contribution in [3.8, 4) is 0 Å². The van der Waals surface area contributed by atoms with Crippen LogP contribution in [0.2, 0.25) is 0 Å². The first-order valence-electron chi connectivity index (χ1n) is 8.41. The maximum atomic E-state index is 12.6. The van der Waals surface area contributed by atoms with Crippen LogP contribution in [0.1, 0.15) is 22.4 Å². The molecule has 25 heavy (non-hydrogen) atoms. The lowest BCUT2D eigenvalue weighted by Gasteiger charge is -2.27. The van der Waals surface area contributed by atoms with Gasteiger partial charge in [0.1, 0.15) is 0 Å². The largest absolute Gasteiger partial charge is 0.338 e. The molecule has 1 aromatic carbocycles. The summed E-state index contributed by atoms with van der Waals surface area (Å²) in [4.78, 5) is 32.8. The second kappa shape index (κ2) is 6.44. The minimum atomic E-state index is -0.0831. The van der Waals surface area contributed by atoms with Gasteiger partial charge in [-0.1, -0.05) is 12.1 Å². The van der Waals surface area contributed by atoms with Gasteiger partial charge in [0, 0.05) is 30.9 Å². The van der Waals surface area contributed by atoms with Gasteiger partial charge in [-0.25, -0.2) is 4.98 Å². The Balaban J connectivity index is 1.48. The molecule has 3 heterocycles. The molecule has 0 atom stereocenters. The minimum absolute atomic E-state index is 0.0831. The lowest BCUT2D eigenvalue weighted by atomic mass is 10.1. The predicted octanol–water partition coefficient (Wildman–Crippen LogP) is 2.74. The third kappa shape index (κ3) is 2.98. The van der Waals surface area contributed by atoms with E-state index < -0.39 is 0 Å². The summed E-state index contributed by atoms with van der Waals surface area (Å²) in [5.41, 5.74) is 2.89. The van der Waals surface area contributed by atoms with Crippen LogP contribution in [-0.4, -0.2) is 26.9 Å². The summed E-state index contributed by atoms with van der Waals surface area (Å²) >= 11 is 1.76. The number of carbonyl (C=O) groups excluding carboxylic acids is 1. The molecule has 3 aromatic rings. The summed E-state index contributed by atoms with van der Waals surface area (Å²) in [6.07, 6.45) is 2.80. The van der Waals surface area contributed by atoms with E-state index in [2.05, 4.69) is 16.4 Å². The first kappa shape index (κ1) is 16.0. The molecule has 0 aliphatic carbocycles. The number of aromatic nitrogens is 2. The fraction of sp³-hybridized carbons (Fsp3) is 0.316. The van der Waals surface area contributed by atoms with Gasteiger partial charge >= 0.3 is 0 Å². The van der Waals surface area contributed by atoms with E-state index >= 15 is 0 Å². The number of para-hydroxylation sites is 1. The van der Waals surface area contributed by atoms with E-state index in [-0.39, 0.29) is 11.5 Å². The van der Waals surface area contributed by atoms with Gasteiger partial charge in [0.05, 0.1) is 17.2 Å². The number of hydrogen-bond donors (Lipinski definition) is 0. The van der Waals surface area contributed by atoms with Gasteiger partial charge in [0.15, 0.2) is 0 Å². The van der Waals surface area contributed by atoms with Crippen molar-refractivity contribution in [2.24, 2.45) is 0 Å². The molecular formula is C19H19N3O2S. The standard InChI is InChI=1S/C19H19N3O2S/c1-13-3-2-4-15-18(13)20-12-22(19(15)24)9-6-17(23)21-8-5-16-14(11-21)7-10-25-16/h2-4,7,10,12H,5-6,8-9,11H2,1H3. The highest BCUT2D eigenvalue weighted by atomic mass is 32.1. The van der Waals surface area contributed by atoms with E-state index in [1.54, 1.807) is 28.3 Å². The zero-order valence-electron chi connectivity index (χ0n) is 14.1. The molecule has 0 saturated heterocycles. The Morgan fingerprint density at radius 3 is 3.08 bits per heavy atom. The Morgan fingerprint density at radius 2 is 2.20 bits per heavy atom. The maximum Gasteiger partial charge on any atom is 0.261 e. The van der Waals surface area contributed by atoms with Gasteiger partial charge in [-0.05, 0) is 42.0 Å². The van der Waals surface area contributed by atoms with Crippen LogP contribution in [0.15, 0.2) is 40.8 Å². The van der Waals surface area contributed by atoms with E-state index in [1.165, 1.54) is 10.4 Å². The molecule has 0 unspecified atom stereocenters. The Morgan fingerprint density at radius 1 is 1.32 bits per heavy atom. The quantitative estimate of drug-likeness (QED) is 0.727. The Labute approximate surface area is 149 Å². The molecule has 0 spiro atoms. The number of fused-ring (bicyclic) bond motifs is 2. The third-order valence-electron chi connectivity index (χ3n) is 4.78. The molecule has 4 rings (SSSR count). The fourth-order valence-electron chi connectivity index (χ4n) is 3.33. The Kier molecular flexibility index (Phi) is 4.13. The third-order valence-corrected chi connectivity index (χ3v) is 5.81. The molecule has 5 nitrogen and oxygen atoms in total. The maximum absolute atomic E-state index is 12.6. The van der Waals surface area contributed by atoms with Crippen molar-refractivity contribution in [1.29, 1.82) is 0 Å². The minimum Gasteiger partial charge on any atom is -0.338 e. The lowest BCUT2D eigenvalue weighted by molar-refractivity contribution is -0.132. The van der Waals surface area contributed by atoms with Crippen LogP contribution in [0.3, 0.4) is 0 Å². The van der Waals surface area contributed by atoms with Crippen molar-refractivity contribution >= 4 is 28.1 Å². The number of benzene rings is 1. The molecule has 0 fully saturated rings. The highest BCUT2D eigenvalue weighted by molar-refractivity contribution is 7.10. The number of carbonyl (C=O) groups is 1. The van der Waals surface area contributed by atoms with Crippen LogP contribution in [0, 0.1) is 6.92 Å². The number of amides is 1. The molecule has 1 amide bonds. The van der Waals surface area contributed by atoms with Crippen molar-refractivity contribution < 1.29 is 4.79 Å². The van der Waals surface area contributed by atoms with Gasteiger partial charge in [-0.3, -0.25) is 14.2 Å². The van der Waals surface area contributed by atoms with Crippen LogP contribution in [-0.2, 0) is 24.3 Å². The molecule has 0 N–H and O–H groups in total. The Hall–Kier alpha value is -2.47. The predicted molar refractivity (Wildman–Crippen MR) is 98.8 cm³/mol. The highest BCUT2D eigenvalue weighted by Gasteiger charge is 2.21. The molecule has 6 heteroatoms. The smallest absolute Gasteiger partial charge is 0.261 e. The van der Waals surface area contributed by atoms with Crippen molar-refractivity contribution in [2.45, 2.75) is 32.9 Å². The molecule has 0 bridgehead atoms. The average molecular weight is 353 g/mol.